The second-order valence-corrected chi connectivity index (χ2v) is 2.06. The van der Waals surface area contributed by atoms with E-state index in [1.165, 1.54) is 0 Å². The van der Waals surface area contributed by atoms with Crippen LogP contribution in [0.15, 0.2) is 24.3 Å². The van der Waals surface area contributed by atoms with Gasteiger partial charge in [-0.3, -0.25) is 8.92 Å². The zero-order valence-corrected chi connectivity index (χ0v) is 7.02. The fourth-order valence-electron chi connectivity index (χ4n) is 0.786. The van der Waals surface area contributed by atoms with Crippen molar-refractivity contribution in [2.24, 2.45) is 0 Å². The molecule has 0 aliphatic rings. The Hall–Kier alpha value is -1.56. The minimum Gasteiger partial charge on any atom is -0.274 e. The molecule has 0 atom stereocenters. The normalized spacial score (nSPS) is 8.33. The zero-order chi connectivity index (χ0) is 8.81. The van der Waals surface area contributed by atoms with E-state index in [0.29, 0.717) is 0 Å². The van der Waals surface area contributed by atoms with Crippen molar-refractivity contribution in [3.05, 3.63) is 24.3 Å². The van der Waals surface area contributed by atoms with E-state index in [9.17, 15) is 0 Å². The first-order valence-corrected chi connectivity index (χ1v) is 3.95. The molecule has 2 aromatic rings. The molecule has 0 unspecified atom stereocenters. The Kier molecular flexibility index (Phi) is 3.09. The molecule has 6 heteroatoms. The SMILES string of the molecule is O=[Si]=O.c1ccc2n[nH]nc2c1. The minimum absolute atomic E-state index is 0.914. The van der Waals surface area contributed by atoms with Crippen molar-refractivity contribution in [2.45, 2.75) is 0 Å². The standard InChI is InChI=1S/C6H5N3.O2Si/c1-2-4-6-5(3-1)7-9-8-6;1-3-2/h1-4H,(H,7,8,9);. The Morgan fingerprint density at radius 1 is 1.08 bits per heavy atom. The molecule has 1 N–H and O–H groups in total. The van der Waals surface area contributed by atoms with Crippen molar-refractivity contribution < 1.29 is 8.92 Å². The third kappa shape index (κ3) is 1.96. The van der Waals surface area contributed by atoms with Gasteiger partial charge in [0.2, 0.25) is 0 Å². The smallest absolute Gasteiger partial charge is 0.274 e. The van der Waals surface area contributed by atoms with Crippen LogP contribution >= 0.6 is 0 Å². The number of hydrogen-bond acceptors (Lipinski definition) is 4. The van der Waals surface area contributed by atoms with E-state index in [1.54, 1.807) is 0 Å². The predicted molar refractivity (Wildman–Crippen MR) is 41.0 cm³/mol. The van der Waals surface area contributed by atoms with Gasteiger partial charge in [-0.2, -0.15) is 15.4 Å². The van der Waals surface area contributed by atoms with Crippen LogP contribution in [0.3, 0.4) is 0 Å². The molecule has 60 valence electrons. The van der Waals surface area contributed by atoms with E-state index in [2.05, 4.69) is 15.4 Å². The number of nitrogens with zero attached hydrogens (tertiary/aromatic N) is 2. The molecule has 0 amide bonds. The summed E-state index contributed by atoms with van der Waals surface area (Å²) in [5.41, 5.74) is 1.83. The summed E-state index contributed by atoms with van der Waals surface area (Å²) in [6.45, 7) is 0. The van der Waals surface area contributed by atoms with Gasteiger partial charge in [-0.25, -0.2) is 0 Å². The van der Waals surface area contributed by atoms with Gasteiger partial charge in [0.05, 0.1) is 0 Å². The molecule has 1 aromatic carbocycles. The Labute approximate surface area is 69.7 Å². The monoisotopic (exact) mass is 179 g/mol. The number of rotatable bonds is 0. The second-order valence-electron chi connectivity index (χ2n) is 1.90. The average Bonchev–Trinajstić information content (AvgIpc) is 2.52. The molecule has 0 spiro atoms. The maximum absolute atomic E-state index is 8.40. The summed E-state index contributed by atoms with van der Waals surface area (Å²) in [6, 6.07) is 7.70. The molecule has 0 saturated heterocycles. The summed E-state index contributed by atoms with van der Waals surface area (Å²) < 4.78 is 16.8. The quantitative estimate of drug-likeness (QED) is 0.592. The number of para-hydroxylation sites is 2. The molecule has 0 radical (unpaired) electrons. The molecule has 1 aromatic heterocycles. The van der Waals surface area contributed by atoms with Crippen molar-refractivity contribution in [3.8, 4) is 0 Å². The lowest BCUT2D eigenvalue weighted by Crippen LogP contribution is -1.63. The van der Waals surface area contributed by atoms with Gasteiger partial charge in [0, 0.05) is 0 Å². The Bertz CT molecular complexity index is 364. The number of fused-ring (bicyclic) bond motifs is 1. The number of H-pyrrole nitrogens is 1. The first-order valence-electron chi connectivity index (χ1n) is 3.13. The van der Waals surface area contributed by atoms with Crippen molar-refractivity contribution in [1.82, 2.24) is 15.4 Å². The van der Waals surface area contributed by atoms with Crippen LogP contribution in [-0.2, 0) is 8.92 Å². The highest BCUT2D eigenvalue weighted by atomic mass is 28.2. The topological polar surface area (TPSA) is 75.7 Å². The molecule has 0 saturated carbocycles. The molecular weight excluding hydrogens is 174 g/mol. The summed E-state index contributed by atoms with van der Waals surface area (Å²) in [5.74, 6) is 0. The maximum atomic E-state index is 8.40. The van der Waals surface area contributed by atoms with Gasteiger partial charge in [0.1, 0.15) is 11.0 Å². The summed E-state index contributed by atoms with van der Waals surface area (Å²) in [4.78, 5) is 0. The van der Waals surface area contributed by atoms with Crippen LogP contribution in [0.4, 0.5) is 0 Å². The predicted octanol–water partition coefficient (Wildman–Crippen LogP) is 0.339. The van der Waals surface area contributed by atoms with E-state index < -0.39 is 9.29 Å². The van der Waals surface area contributed by atoms with Gasteiger partial charge in [0.15, 0.2) is 0 Å². The lowest BCUT2D eigenvalue weighted by molar-refractivity contribution is 0.497. The molecule has 5 nitrogen and oxygen atoms in total. The van der Waals surface area contributed by atoms with E-state index in [4.69, 9.17) is 8.92 Å². The molecule has 1 heterocycles. The molecule has 0 bridgehead atoms. The van der Waals surface area contributed by atoms with Crippen LogP contribution in [0, 0.1) is 0 Å². The van der Waals surface area contributed by atoms with Gasteiger partial charge in [-0.15, -0.1) is 0 Å². The van der Waals surface area contributed by atoms with Crippen molar-refractivity contribution in [3.63, 3.8) is 0 Å². The van der Waals surface area contributed by atoms with E-state index in [-0.39, 0.29) is 0 Å². The number of aromatic amines is 1. The highest BCUT2D eigenvalue weighted by Crippen LogP contribution is 2.03. The summed E-state index contributed by atoms with van der Waals surface area (Å²) >= 11 is 0. The second kappa shape index (κ2) is 4.34. The molecule has 0 aliphatic heterocycles. The van der Waals surface area contributed by atoms with Gasteiger partial charge in [-0.05, 0) is 12.1 Å². The third-order valence-corrected chi connectivity index (χ3v) is 1.22. The molecule has 0 fully saturated rings. The average molecular weight is 179 g/mol. The number of benzene rings is 1. The first-order chi connectivity index (χ1) is 5.88. The zero-order valence-electron chi connectivity index (χ0n) is 6.02. The van der Waals surface area contributed by atoms with Gasteiger partial charge in [0.25, 0.3) is 0 Å². The summed E-state index contributed by atoms with van der Waals surface area (Å²) in [5, 5.41) is 10.3. The van der Waals surface area contributed by atoms with Crippen molar-refractivity contribution in [2.75, 3.05) is 0 Å². The lowest BCUT2D eigenvalue weighted by atomic mass is 10.3. The van der Waals surface area contributed by atoms with Gasteiger partial charge < -0.3 is 0 Å². The van der Waals surface area contributed by atoms with E-state index in [0.717, 1.165) is 11.0 Å². The van der Waals surface area contributed by atoms with Crippen LogP contribution in [0.25, 0.3) is 11.0 Å². The summed E-state index contributed by atoms with van der Waals surface area (Å²) in [7, 11) is -1.42. The molecular formula is C6H5N3O2Si. The largest absolute Gasteiger partial charge is 0.549 e. The van der Waals surface area contributed by atoms with Crippen molar-refractivity contribution >= 4 is 20.3 Å². The van der Waals surface area contributed by atoms with Crippen LogP contribution in [0.1, 0.15) is 0 Å². The van der Waals surface area contributed by atoms with Gasteiger partial charge >= 0.3 is 9.29 Å². The number of nitrogens with one attached hydrogen (secondary N) is 1. The fourth-order valence-corrected chi connectivity index (χ4v) is 0.786. The van der Waals surface area contributed by atoms with Crippen LogP contribution < -0.4 is 0 Å². The van der Waals surface area contributed by atoms with Crippen LogP contribution in [0.2, 0.25) is 0 Å². The number of hydrogen-bond donors (Lipinski definition) is 1. The highest BCUT2D eigenvalue weighted by Gasteiger charge is 1.90. The summed E-state index contributed by atoms with van der Waals surface area (Å²) in [6.07, 6.45) is 0. The van der Waals surface area contributed by atoms with Crippen LogP contribution in [-0.4, -0.2) is 24.7 Å². The maximum Gasteiger partial charge on any atom is 0.549 e. The van der Waals surface area contributed by atoms with Gasteiger partial charge in [-0.1, -0.05) is 12.1 Å². The third-order valence-electron chi connectivity index (χ3n) is 1.22. The lowest BCUT2D eigenvalue weighted by Gasteiger charge is -1.78. The number of aromatic nitrogens is 3. The van der Waals surface area contributed by atoms with E-state index >= 15 is 0 Å². The van der Waals surface area contributed by atoms with Crippen molar-refractivity contribution in [1.29, 1.82) is 0 Å². The Balaban J connectivity index is 0.000000213. The first kappa shape index (κ1) is 8.53. The molecule has 2 rings (SSSR count). The molecule has 12 heavy (non-hydrogen) atoms. The Morgan fingerprint density at radius 2 is 1.50 bits per heavy atom. The fraction of sp³-hybridized carbons (Fsp3) is 0. The molecule has 0 aliphatic carbocycles. The highest BCUT2D eigenvalue weighted by molar-refractivity contribution is 5.94. The minimum atomic E-state index is -1.42. The Morgan fingerprint density at radius 3 is 1.92 bits per heavy atom. The van der Waals surface area contributed by atoms with Crippen LogP contribution in [0.5, 0.6) is 0 Å². The van der Waals surface area contributed by atoms with E-state index in [1.807, 2.05) is 24.3 Å².